The SMILES string of the molecule is O=C(NC1CCCCC1O)c1cnc(Cl)c(Cl)c1. The van der Waals surface area contributed by atoms with Crippen molar-refractivity contribution in [3.05, 3.63) is 28.0 Å². The van der Waals surface area contributed by atoms with Gasteiger partial charge in [-0.2, -0.15) is 0 Å². The molecule has 0 aliphatic heterocycles. The summed E-state index contributed by atoms with van der Waals surface area (Å²) in [7, 11) is 0. The van der Waals surface area contributed by atoms with Gasteiger partial charge in [0.15, 0.2) is 0 Å². The van der Waals surface area contributed by atoms with Crippen LogP contribution in [0.4, 0.5) is 0 Å². The number of halogens is 2. The van der Waals surface area contributed by atoms with Crippen LogP contribution >= 0.6 is 23.2 Å². The van der Waals surface area contributed by atoms with Crippen molar-refractivity contribution in [3.8, 4) is 0 Å². The number of carbonyl (C=O) groups is 1. The van der Waals surface area contributed by atoms with Gasteiger partial charge >= 0.3 is 0 Å². The summed E-state index contributed by atoms with van der Waals surface area (Å²) in [6.45, 7) is 0. The average Bonchev–Trinajstić information content (AvgIpc) is 2.35. The number of aromatic nitrogens is 1. The van der Waals surface area contributed by atoms with Gasteiger partial charge in [0.05, 0.1) is 22.7 Å². The molecule has 2 unspecified atom stereocenters. The van der Waals surface area contributed by atoms with Gasteiger partial charge in [-0.05, 0) is 18.9 Å². The lowest BCUT2D eigenvalue weighted by molar-refractivity contribution is 0.0717. The Morgan fingerprint density at radius 3 is 2.78 bits per heavy atom. The molecule has 1 amide bonds. The van der Waals surface area contributed by atoms with Gasteiger partial charge in [-0.1, -0.05) is 36.0 Å². The minimum Gasteiger partial charge on any atom is -0.391 e. The minimum absolute atomic E-state index is 0.172. The molecule has 2 atom stereocenters. The summed E-state index contributed by atoms with van der Waals surface area (Å²) >= 11 is 11.5. The van der Waals surface area contributed by atoms with Crippen molar-refractivity contribution >= 4 is 29.1 Å². The summed E-state index contributed by atoms with van der Waals surface area (Å²) in [6.07, 6.45) is 4.44. The highest BCUT2D eigenvalue weighted by atomic mass is 35.5. The molecule has 1 heterocycles. The van der Waals surface area contributed by atoms with E-state index in [9.17, 15) is 9.90 Å². The zero-order valence-electron chi connectivity index (χ0n) is 9.70. The molecule has 18 heavy (non-hydrogen) atoms. The van der Waals surface area contributed by atoms with Crippen molar-refractivity contribution < 1.29 is 9.90 Å². The van der Waals surface area contributed by atoms with Crippen molar-refractivity contribution in [1.82, 2.24) is 10.3 Å². The summed E-state index contributed by atoms with van der Waals surface area (Å²) in [5.74, 6) is -0.285. The number of rotatable bonds is 2. The normalized spacial score (nSPS) is 23.7. The van der Waals surface area contributed by atoms with Crippen molar-refractivity contribution in [3.63, 3.8) is 0 Å². The Morgan fingerprint density at radius 1 is 1.39 bits per heavy atom. The number of amides is 1. The molecular weight excluding hydrogens is 275 g/mol. The molecule has 1 aliphatic carbocycles. The van der Waals surface area contributed by atoms with Crippen LogP contribution < -0.4 is 5.32 Å². The topological polar surface area (TPSA) is 62.2 Å². The van der Waals surface area contributed by atoms with Crippen molar-refractivity contribution in [1.29, 1.82) is 0 Å². The Morgan fingerprint density at radius 2 is 2.11 bits per heavy atom. The summed E-state index contributed by atoms with van der Waals surface area (Å²) in [5.41, 5.74) is 0.349. The number of aliphatic hydroxyl groups is 1. The van der Waals surface area contributed by atoms with Crippen LogP contribution in [0.15, 0.2) is 12.3 Å². The summed E-state index contributed by atoms with van der Waals surface area (Å²) in [4.78, 5) is 15.8. The number of nitrogens with zero attached hydrogens (tertiary/aromatic N) is 1. The van der Waals surface area contributed by atoms with E-state index in [0.29, 0.717) is 5.56 Å². The first-order valence-corrected chi connectivity index (χ1v) is 6.63. The highest BCUT2D eigenvalue weighted by molar-refractivity contribution is 6.41. The van der Waals surface area contributed by atoms with Crippen LogP contribution in [0.2, 0.25) is 10.2 Å². The highest BCUT2D eigenvalue weighted by Gasteiger charge is 2.25. The fraction of sp³-hybridized carbons (Fsp3) is 0.500. The van der Waals surface area contributed by atoms with E-state index in [0.717, 1.165) is 25.7 Å². The monoisotopic (exact) mass is 288 g/mol. The average molecular weight is 289 g/mol. The maximum atomic E-state index is 12.0. The van der Waals surface area contributed by atoms with Gasteiger partial charge in [-0.3, -0.25) is 4.79 Å². The third-order valence-electron chi connectivity index (χ3n) is 3.10. The van der Waals surface area contributed by atoms with Gasteiger partial charge in [-0.25, -0.2) is 4.98 Å². The van der Waals surface area contributed by atoms with Crippen LogP contribution in [0.5, 0.6) is 0 Å². The molecule has 4 nitrogen and oxygen atoms in total. The molecule has 6 heteroatoms. The first kappa shape index (κ1) is 13.6. The molecule has 0 spiro atoms. The zero-order valence-corrected chi connectivity index (χ0v) is 11.2. The Labute approximate surface area is 115 Å². The fourth-order valence-electron chi connectivity index (χ4n) is 2.08. The van der Waals surface area contributed by atoms with E-state index < -0.39 is 6.10 Å². The van der Waals surface area contributed by atoms with E-state index in [2.05, 4.69) is 10.3 Å². The number of nitrogens with one attached hydrogen (secondary N) is 1. The standard InChI is InChI=1S/C12H14Cl2N2O2/c13-8-5-7(6-15-11(8)14)12(18)16-9-3-1-2-4-10(9)17/h5-6,9-10,17H,1-4H2,(H,16,18). The molecule has 1 aliphatic rings. The minimum atomic E-state index is -0.474. The van der Waals surface area contributed by atoms with Gasteiger partial charge in [0.25, 0.3) is 5.91 Å². The van der Waals surface area contributed by atoms with Crippen LogP contribution in [0, 0.1) is 0 Å². The van der Waals surface area contributed by atoms with E-state index in [1.165, 1.54) is 12.3 Å². The maximum absolute atomic E-state index is 12.0. The van der Waals surface area contributed by atoms with Crippen LogP contribution in [0.3, 0.4) is 0 Å². The van der Waals surface area contributed by atoms with Crippen LogP contribution in [0.25, 0.3) is 0 Å². The number of pyridine rings is 1. The summed E-state index contributed by atoms with van der Waals surface area (Å²) in [5, 5.41) is 13.0. The molecule has 2 rings (SSSR count). The van der Waals surface area contributed by atoms with Gasteiger partial charge in [0.2, 0.25) is 0 Å². The van der Waals surface area contributed by atoms with Crippen molar-refractivity contribution in [2.75, 3.05) is 0 Å². The largest absolute Gasteiger partial charge is 0.391 e. The molecule has 98 valence electrons. The zero-order chi connectivity index (χ0) is 13.1. The van der Waals surface area contributed by atoms with Gasteiger partial charge in [0.1, 0.15) is 5.15 Å². The fourth-order valence-corrected chi connectivity index (χ4v) is 2.35. The van der Waals surface area contributed by atoms with E-state index >= 15 is 0 Å². The Kier molecular flexibility index (Phi) is 4.43. The van der Waals surface area contributed by atoms with Gasteiger partial charge in [-0.15, -0.1) is 0 Å². The maximum Gasteiger partial charge on any atom is 0.253 e. The number of carbonyl (C=O) groups excluding carboxylic acids is 1. The third kappa shape index (κ3) is 3.13. The first-order chi connectivity index (χ1) is 8.58. The summed E-state index contributed by atoms with van der Waals surface area (Å²) < 4.78 is 0. The van der Waals surface area contributed by atoms with E-state index in [-0.39, 0.29) is 22.1 Å². The molecule has 0 saturated heterocycles. The summed E-state index contributed by atoms with van der Waals surface area (Å²) in [6, 6.07) is 1.28. The Bertz CT molecular complexity index is 454. The Hall–Kier alpha value is -0.840. The quantitative estimate of drug-likeness (QED) is 0.822. The molecule has 0 radical (unpaired) electrons. The van der Waals surface area contributed by atoms with Gasteiger partial charge in [0, 0.05) is 6.20 Å². The molecule has 2 N–H and O–H groups in total. The molecule has 1 fully saturated rings. The molecule has 1 aromatic rings. The second kappa shape index (κ2) is 5.87. The molecule has 1 saturated carbocycles. The molecule has 0 bridgehead atoms. The lowest BCUT2D eigenvalue weighted by Crippen LogP contribution is -2.45. The van der Waals surface area contributed by atoms with Crippen molar-refractivity contribution in [2.24, 2.45) is 0 Å². The van der Waals surface area contributed by atoms with Crippen molar-refractivity contribution in [2.45, 2.75) is 37.8 Å². The van der Waals surface area contributed by atoms with E-state index in [1.807, 2.05) is 0 Å². The lowest BCUT2D eigenvalue weighted by atomic mass is 9.92. The number of hydrogen-bond acceptors (Lipinski definition) is 3. The molecule has 1 aromatic heterocycles. The molecule has 0 aromatic carbocycles. The first-order valence-electron chi connectivity index (χ1n) is 5.88. The second-order valence-electron chi connectivity index (χ2n) is 4.43. The Balaban J connectivity index is 2.04. The lowest BCUT2D eigenvalue weighted by Gasteiger charge is -2.28. The van der Waals surface area contributed by atoms with E-state index in [4.69, 9.17) is 23.2 Å². The number of hydrogen-bond donors (Lipinski definition) is 2. The highest BCUT2D eigenvalue weighted by Crippen LogP contribution is 2.21. The van der Waals surface area contributed by atoms with Crippen LogP contribution in [-0.4, -0.2) is 28.1 Å². The molecular formula is C12H14Cl2N2O2. The predicted octanol–water partition coefficient (Wildman–Crippen LogP) is 2.42. The second-order valence-corrected chi connectivity index (χ2v) is 5.19. The number of aliphatic hydroxyl groups excluding tert-OH is 1. The van der Waals surface area contributed by atoms with Crippen LogP contribution in [0.1, 0.15) is 36.0 Å². The smallest absolute Gasteiger partial charge is 0.253 e. The predicted molar refractivity (Wildman–Crippen MR) is 70.0 cm³/mol. The van der Waals surface area contributed by atoms with Crippen LogP contribution in [-0.2, 0) is 0 Å². The third-order valence-corrected chi connectivity index (χ3v) is 3.79. The van der Waals surface area contributed by atoms with Gasteiger partial charge < -0.3 is 10.4 Å². The van der Waals surface area contributed by atoms with E-state index in [1.54, 1.807) is 0 Å².